The van der Waals surface area contributed by atoms with Crippen LogP contribution in [0.4, 0.5) is 10.1 Å². The standard InChI is InChI=1S/C15H13ClFN3O2/c1-22-15-18-7-6-11(19-15)14(21)20-8-2-3-9-4-5-10(17)12(16)13(9)20/h4-7H,2-3,8H2,1H3. The minimum atomic E-state index is -0.541. The van der Waals surface area contributed by atoms with E-state index in [1.165, 1.54) is 30.3 Å². The summed E-state index contributed by atoms with van der Waals surface area (Å²) in [5.41, 5.74) is 1.46. The van der Waals surface area contributed by atoms with Crippen LogP contribution in [0.15, 0.2) is 24.4 Å². The van der Waals surface area contributed by atoms with Crippen molar-refractivity contribution in [2.24, 2.45) is 0 Å². The molecule has 0 unspecified atom stereocenters. The summed E-state index contributed by atoms with van der Waals surface area (Å²) in [7, 11) is 1.42. The van der Waals surface area contributed by atoms with Crippen LogP contribution in [0.25, 0.3) is 0 Å². The van der Waals surface area contributed by atoms with Gasteiger partial charge in [0.2, 0.25) is 0 Å². The van der Waals surface area contributed by atoms with E-state index in [-0.39, 0.29) is 22.6 Å². The molecule has 0 saturated heterocycles. The zero-order valence-corrected chi connectivity index (χ0v) is 12.6. The molecule has 0 fully saturated rings. The third-order valence-corrected chi connectivity index (χ3v) is 3.89. The fourth-order valence-corrected chi connectivity index (χ4v) is 2.80. The van der Waals surface area contributed by atoms with Crippen molar-refractivity contribution in [2.75, 3.05) is 18.6 Å². The van der Waals surface area contributed by atoms with Gasteiger partial charge in [-0.1, -0.05) is 17.7 Å². The van der Waals surface area contributed by atoms with E-state index in [0.29, 0.717) is 12.2 Å². The Bertz CT molecular complexity index is 739. The summed E-state index contributed by atoms with van der Waals surface area (Å²) in [6.07, 6.45) is 2.98. The van der Waals surface area contributed by atoms with Gasteiger partial charge in [0, 0.05) is 12.7 Å². The summed E-state index contributed by atoms with van der Waals surface area (Å²) >= 11 is 6.07. The largest absolute Gasteiger partial charge is 0.467 e. The van der Waals surface area contributed by atoms with Gasteiger partial charge in [0.05, 0.1) is 12.8 Å². The van der Waals surface area contributed by atoms with E-state index >= 15 is 0 Å². The molecule has 3 rings (SSSR count). The number of aromatic nitrogens is 2. The lowest BCUT2D eigenvalue weighted by atomic mass is 10.0. The number of benzene rings is 1. The van der Waals surface area contributed by atoms with Crippen molar-refractivity contribution in [3.05, 3.63) is 46.5 Å². The number of methoxy groups -OCH3 is 1. The topological polar surface area (TPSA) is 55.3 Å². The Morgan fingerprint density at radius 3 is 3.00 bits per heavy atom. The number of amides is 1. The van der Waals surface area contributed by atoms with Gasteiger partial charge in [-0.3, -0.25) is 4.79 Å². The maximum absolute atomic E-state index is 13.7. The summed E-state index contributed by atoms with van der Waals surface area (Å²) in [5.74, 6) is -0.894. The smallest absolute Gasteiger partial charge is 0.316 e. The van der Waals surface area contributed by atoms with Gasteiger partial charge in [-0.2, -0.15) is 4.98 Å². The van der Waals surface area contributed by atoms with Crippen LogP contribution in [0, 0.1) is 5.82 Å². The van der Waals surface area contributed by atoms with E-state index < -0.39 is 5.82 Å². The van der Waals surface area contributed by atoms with E-state index in [1.807, 2.05) is 0 Å². The van der Waals surface area contributed by atoms with E-state index in [9.17, 15) is 9.18 Å². The van der Waals surface area contributed by atoms with Gasteiger partial charge in [0.1, 0.15) is 16.5 Å². The van der Waals surface area contributed by atoms with Crippen LogP contribution in [0.2, 0.25) is 5.02 Å². The Hall–Kier alpha value is -2.21. The summed E-state index contributed by atoms with van der Waals surface area (Å²) in [6, 6.07) is 4.58. The summed E-state index contributed by atoms with van der Waals surface area (Å²) in [4.78, 5) is 22.1. The predicted octanol–water partition coefficient (Wildman–Crippen LogP) is 2.87. The molecule has 1 aromatic heterocycles. The lowest BCUT2D eigenvalue weighted by Gasteiger charge is -2.30. The van der Waals surface area contributed by atoms with Crippen LogP contribution in [-0.4, -0.2) is 29.5 Å². The Balaban J connectivity index is 2.03. The first kappa shape index (κ1) is 14.7. The molecule has 0 saturated carbocycles. The summed E-state index contributed by atoms with van der Waals surface area (Å²) in [6.45, 7) is 0.460. The Labute approximate surface area is 131 Å². The lowest BCUT2D eigenvalue weighted by Crippen LogP contribution is -2.36. The van der Waals surface area contributed by atoms with Crippen molar-refractivity contribution in [1.82, 2.24) is 9.97 Å². The normalized spacial score (nSPS) is 13.7. The number of anilines is 1. The summed E-state index contributed by atoms with van der Waals surface area (Å²) in [5, 5.41) is -0.0356. The monoisotopic (exact) mass is 321 g/mol. The van der Waals surface area contributed by atoms with Crippen LogP contribution in [0.1, 0.15) is 22.5 Å². The first-order valence-corrected chi connectivity index (χ1v) is 7.15. The van der Waals surface area contributed by atoms with Crippen molar-refractivity contribution >= 4 is 23.2 Å². The molecular weight excluding hydrogens is 309 g/mol. The molecule has 1 amide bonds. The molecule has 22 heavy (non-hydrogen) atoms. The van der Waals surface area contributed by atoms with Crippen molar-refractivity contribution in [2.45, 2.75) is 12.8 Å². The number of carbonyl (C=O) groups is 1. The number of fused-ring (bicyclic) bond motifs is 1. The number of hydrogen-bond donors (Lipinski definition) is 0. The van der Waals surface area contributed by atoms with Crippen LogP contribution >= 0.6 is 11.6 Å². The second-order valence-corrected chi connectivity index (χ2v) is 5.24. The van der Waals surface area contributed by atoms with Gasteiger partial charge in [0.15, 0.2) is 0 Å². The average Bonchev–Trinajstić information content (AvgIpc) is 2.57. The quantitative estimate of drug-likeness (QED) is 0.853. The molecule has 0 atom stereocenters. The average molecular weight is 322 g/mol. The van der Waals surface area contributed by atoms with Gasteiger partial charge in [-0.15, -0.1) is 0 Å². The highest BCUT2D eigenvalue weighted by molar-refractivity contribution is 6.34. The SMILES string of the molecule is COc1nccc(C(=O)N2CCCc3ccc(F)c(Cl)c32)n1. The molecule has 2 heterocycles. The molecule has 5 nitrogen and oxygen atoms in total. The number of ether oxygens (including phenoxy) is 1. The molecular formula is C15H13ClFN3O2. The highest BCUT2D eigenvalue weighted by atomic mass is 35.5. The first-order chi connectivity index (χ1) is 10.6. The Morgan fingerprint density at radius 1 is 1.41 bits per heavy atom. The fraction of sp³-hybridized carbons (Fsp3) is 0.267. The van der Waals surface area contributed by atoms with E-state index in [1.54, 1.807) is 6.07 Å². The molecule has 0 aliphatic carbocycles. The maximum atomic E-state index is 13.7. The molecule has 1 aliphatic heterocycles. The van der Waals surface area contributed by atoms with Gasteiger partial charge < -0.3 is 9.64 Å². The minimum Gasteiger partial charge on any atom is -0.467 e. The number of hydrogen-bond acceptors (Lipinski definition) is 4. The fourth-order valence-electron chi connectivity index (χ4n) is 2.51. The van der Waals surface area contributed by atoms with Gasteiger partial charge >= 0.3 is 6.01 Å². The van der Waals surface area contributed by atoms with Crippen molar-refractivity contribution in [1.29, 1.82) is 0 Å². The van der Waals surface area contributed by atoms with Crippen LogP contribution in [0.5, 0.6) is 6.01 Å². The first-order valence-electron chi connectivity index (χ1n) is 6.77. The Kier molecular flexibility index (Phi) is 3.94. The van der Waals surface area contributed by atoms with Crippen LogP contribution in [0.3, 0.4) is 0 Å². The van der Waals surface area contributed by atoms with Crippen molar-refractivity contribution in [3.63, 3.8) is 0 Å². The van der Waals surface area contributed by atoms with Gasteiger partial charge in [-0.25, -0.2) is 9.37 Å². The van der Waals surface area contributed by atoms with Crippen LogP contribution < -0.4 is 9.64 Å². The van der Waals surface area contributed by atoms with Crippen LogP contribution in [-0.2, 0) is 6.42 Å². The molecule has 0 radical (unpaired) electrons. The molecule has 0 bridgehead atoms. The molecule has 2 aromatic rings. The van der Waals surface area contributed by atoms with Crippen molar-refractivity contribution in [3.8, 4) is 6.01 Å². The number of halogens is 2. The molecule has 0 N–H and O–H groups in total. The summed E-state index contributed by atoms with van der Waals surface area (Å²) < 4.78 is 18.7. The Morgan fingerprint density at radius 2 is 2.23 bits per heavy atom. The zero-order valence-electron chi connectivity index (χ0n) is 11.8. The van der Waals surface area contributed by atoms with E-state index in [4.69, 9.17) is 16.3 Å². The zero-order chi connectivity index (χ0) is 15.7. The number of rotatable bonds is 2. The maximum Gasteiger partial charge on any atom is 0.316 e. The molecule has 114 valence electrons. The second-order valence-electron chi connectivity index (χ2n) is 4.86. The second kappa shape index (κ2) is 5.88. The molecule has 0 spiro atoms. The highest BCUT2D eigenvalue weighted by Crippen LogP contribution is 2.36. The van der Waals surface area contributed by atoms with E-state index in [0.717, 1.165) is 18.4 Å². The highest BCUT2D eigenvalue weighted by Gasteiger charge is 2.28. The number of nitrogens with zero attached hydrogens (tertiary/aromatic N) is 3. The third-order valence-electron chi connectivity index (χ3n) is 3.53. The molecule has 1 aromatic carbocycles. The van der Waals surface area contributed by atoms with Gasteiger partial charge in [0.25, 0.3) is 5.91 Å². The van der Waals surface area contributed by atoms with E-state index in [2.05, 4.69) is 9.97 Å². The minimum absolute atomic E-state index is 0.0356. The number of carbonyl (C=O) groups excluding carboxylic acids is 1. The van der Waals surface area contributed by atoms with Gasteiger partial charge in [-0.05, 0) is 30.5 Å². The lowest BCUT2D eigenvalue weighted by molar-refractivity contribution is 0.0979. The number of aryl methyl sites for hydroxylation is 1. The molecule has 1 aliphatic rings. The third kappa shape index (κ3) is 2.50. The van der Waals surface area contributed by atoms with Crippen molar-refractivity contribution < 1.29 is 13.9 Å². The molecule has 7 heteroatoms. The predicted molar refractivity (Wildman–Crippen MR) is 80.0 cm³/mol.